The van der Waals surface area contributed by atoms with E-state index in [0.717, 1.165) is 32.3 Å². The number of para-hydroxylation sites is 2. The SMILES string of the molecule is Brc1cccc(-c2cc3nc4ccccc4nc3o2)c1. The summed E-state index contributed by atoms with van der Waals surface area (Å²) in [6.07, 6.45) is 0. The number of furan rings is 1. The maximum absolute atomic E-state index is 5.82. The average Bonchev–Trinajstić information content (AvgIpc) is 2.87. The maximum Gasteiger partial charge on any atom is 0.246 e. The monoisotopic (exact) mass is 324 g/mol. The Hall–Kier alpha value is -2.20. The van der Waals surface area contributed by atoms with Crippen LogP contribution in [0.4, 0.5) is 0 Å². The van der Waals surface area contributed by atoms with Crippen molar-refractivity contribution in [3.63, 3.8) is 0 Å². The van der Waals surface area contributed by atoms with Crippen molar-refractivity contribution in [2.24, 2.45) is 0 Å². The summed E-state index contributed by atoms with van der Waals surface area (Å²) in [4.78, 5) is 9.08. The van der Waals surface area contributed by atoms with Gasteiger partial charge in [0.2, 0.25) is 5.71 Å². The van der Waals surface area contributed by atoms with Crippen LogP contribution in [0.1, 0.15) is 0 Å². The predicted molar refractivity (Wildman–Crippen MR) is 82.4 cm³/mol. The van der Waals surface area contributed by atoms with Crippen LogP contribution in [0.2, 0.25) is 0 Å². The summed E-state index contributed by atoms with van der Waals surface area (Å²) in [6, 6.07) is 17.7. The molecule has 0 spiro atoms. The summed E-state index contributed by atoms with van der Waals surface area (Å²) >= 11 is 3.47. The Kier molecular flexibility index (Phi) is 2.57. The van der Waals surface area contributed by atoms with Gasteiger partial charge in [-0.25, -0.2) is 9.97 Å². The van der Waals surface area contributed by atoms with Crippen molar-refractivity contribution in [2.75, 3.05) is 0 Å². The molecule has 0 bridgehead atoms. The number of benzene rings is 2. The molecule has 0 N–H and O–H groups in total. The van der Waals surface area contributed by atoms with Crippen LogP contribution in [0.3, 0.4) is 0 Å². The number of hydrogen-bond acceptors (Lipinski definition) is 3. The molecule has 4 aromatic rings. The van der Waals surface area contributed by atoms with Gasteiger partial charge < -0.3 is 4.42 Å². The van der Waals surface area contributed by atoms with Crippen molar-refractivity contribution in [3.8, 4) is 11.3 Å². The summed E-state index contributed by atoms with van der Waals surface area (Å²) in [5.41, 5.74) is 4.07. The second-order valence-electron chi connectivity index (χ2n) is 4.52. The molecule has 0 aliphatic carbocycles. The summed E-state index contributed by atoms with van der Waals surface area (Å²) in [5.74, 6) is 0.775. The molecule has 0 saturated carbocycles. The zero-order valence-corrected chi connectivity index (χ0v) is 12.0. The number of fused-ring (bicyclic) bond motifs is 2. The Morgan fingerprint density at radius 3 is 2.40 bits per heavy atom. The minimum atomic E-state index is 0.568. The van der Waals surface area contributed by atoms with E-state index in [1.807, 2.05) is 54.6 Å². The molecule has 0 fully saturated rings. The molecule has 0 saturated heterocycles. The number of halogens is 1. The minimum Gasteiger partial charge on any atom is -0.436 e. The standard InChI is InChI=1S/C16H9BrN2O/c17-11-5-3-4-10(8-11)15-9-14-16(20-15)19-13-7-2-1-6-12(13)18-14/h1-9H. The van der Waals surface area contributed by atoms with E-state index >= 15 is 0 Å². The van der Waals surface area contributed by atoms with Crippen molar-refractivity contribution in [1.82, 2.24) is 9.97 Å². The molecule has 0 radical (unpaired) electrons. The van der Waals surface area contributed by atoms with E-state index in [4.69, 9.17) is 4.42 Å². The Morgan fingerprint density at radius 1 is 0.800 bits per heavy atom. The highest BCUT2D eigenvalue weighted by molar-refractivity contribution is 9.10. The highest BCUT2D eigenvalue weighted by Gasteiger charge is 2.10. The van der Waals surface area contributed by atoms with E-state index in [0.29, 0.717) is 5.71 Å². The fourth-order valence-corrected chi connectivity index (χ4v) is 2.61. The lowest BCUT2D eigenvalue weighted by atomic mass is 10.2. The first kappa shape index (κ1) is 11.6. The zero-order chi connectivity index (χ0) is 13.5. The van der Waals surface area contributed by atoms with Gasteiger partial charge in [0.1, 0.15) is 11.3 Å². The lowest BCUT2D eigenvalue weighted by Gasteiger charge is -1.96. The Morgan fingerprint density at radius 2 is 1.60 bits per heavy atom. The third-order valence-corrected chi connectivity index (χ3v) is 3.64. The van der Waals surface area contributed by atoms with Crippen LogP contribution in [0.15, 0.2) is 63.5 Å². The number of hydrogen-bond donors (Lipinski definition) is 0. The fourth-order valence-electron chi connectivity index (χ4n) is 2.21. The van der Waals surface area contributed by atoms with E-state index in [-0.39, 0.29) is 0 Å². The second kappa shape index (κ2) is 4.42. The van der Waals surface area contributed by atoms with Gasteiger partial charge >= 0.3 is 0 Å². The van der Waals surface area contributed by atoms with Crippen molar-refractivity contribution in [3.05, 3.63) is 59.1 Å². The van der Waals surface area contributed by atoms with Gasteiger partial charge in [-0.1, -0.05) is 40.2 Å². The lowest BCUT2D eigenvalue weighted by molar-refractivity contribution is 0.619. The predicted octanol–water partition coefficient (Wildman–Crippen LogP) is 4.81. The molecule has 2 aromatic carbocycles. The molecule has 2 heterocycles. The molecule has 0 amide bonds. The molecule has 20 heavy (non-hydrogen) atoms. The third-order valence-electron chi connectivity index (χ3n) is 3.15. The van der Waals surface area contributed by atoms with Gasteiger partial charge in [0.15, 0.2) is 0 Å². The molecule has 0 aliphatic rings. The average molecular weight is 325 g/mol. The van der Waals surface area contributed by atoms with Crippen LogP contribution in [-0.4, -0.2) is 9.97 Å². The van der Waals surface area contributed by atoms with Crippen LogP contribution in [0.5, 0.6) is 0 Å². The smallest absolute Gasteiger partial charge is 0.246 e. The van der Waals surface area contributed by atoms with Gasteiger partial charge in [-0.05, 0) is 24.3 Å². The van der Waals surface area contributed by atoms with Crippen LogP contribution < -0.4 is 0 Å². The largest absolute Gasteiger partial charge is 0.436 e. The van der Waals surface area contributed by atoms with E-state index in [1.54, 1.807) is 0 Å². The van der Waals surface area contributed by atoms with E-state index < -0.39 is 0 Å². The van der Waals surface area contributed by atoms with Gasteiger partial charge in [-0.15, -0.1) is 0 Å². The van der Waals surface area contributed by atoms with E-state index in [1.165, 1.54) is 0 Å². The first-order valence-corrected chi connectivity index (χ1v) is 7.01. The molecule has 4 heteroatoms. The molecule has 2 aromatic heterocycles. The van der Waals surface area contributed by atoms with Crippen molar-refractivity contribution in [1.29, 1.82) is 0 Å². The van der Waals surface area contributed by atoms with Gasteiger partial charge in [0, 0.05) is 16.1 Å². The summed E-state index contributed by atoms with van der Waals surface area (Å²) in [6.45, 7) is 0. The normalized spacial score (nSPS) is 11.2. The molecular weight excluding hydrogens is 316 g/mol. The van der Waals surface area contributed by atoms with Gasteiger partial charge in [-0.2, -0.15) is 0 Å². The van der Waals surface area contributed by atoms with Crippen LogP contribution >= 0.6 is 15.9 Å². The third kappa shape index (κ3) is 1.89. The molecule has 0 unspecified atom stereocenters. The second-order valence-corrected chi connectivity index (χ2v) is 5.44. The van der Waals surface area contributed by atoms with Crippen molar-refractivity contribution < 1.29 is 4.42 Å². The number of rotatable bonds is 1. The highest BCUT2D eigenvalue weighted by atomic mass is 79.9. The summed E-state index contributed by atoms with van der Waals surface area (Å²) in [7, 11) is 0. The number of nitrogens with zero attached hydrogens (tertiary/aromatic N) is 2. The molecule has 0 atom stereocenters. The number of aromatic nitrogens is 2. The molecule has 3 nitrogen and oxygen atoms in total. The maximum atomic E-state index is 5.82. The van der Waals surface area contributed by atoms with E-state index in [2.05, 4.69) is 25.9 Å². The quantitative estimate of drug-likeness (QED) is 0.504. The summed E-state index contributed by atoms with van der Waals surface area (Å²) in [5, 5.41) is 0. The first-order chi connectivity index (χ1) is 9.79. The van der Waals surface area contributed by atoms with Crippen molar-refractivity contribution in [2.45, 2.75) is 0 Å². The Bertz CT molecular complexity index is 877. The first-order valence-electron chi connectivity index (χ1n) is 6.22. The Balaban J connectivity index is 1.96. The van der Waals surface area contributed by atoms with Crippen molar-refractivity contribution >= 4 is 38.2 Å². The molecular formula is C16H9BrN2O. The van der Waals surface area contributed by atoms with Crippen LogP contribution in [0, 0.1) is 0 Å². The highest BCUT2D eigenvalue weighted by Crippen LogP contribution is 2.28. The molecule has 96 valence electrons. The Labute approximate surface area is 123 Å². The van der Waals surface area contributed by atoms with Gasteiger partial charge in [0.05, 0.1) is 11.0 Å². The van der Waals surface area contributed by atoms with Crippen LogP contribution in [-0.2, 0) is 0 Å². The van der Waals surface area contributed by atoms with Gasteiger partial charge in [0.25, 0.3) is 0 Å². The topological polar surface area (TPSA) is 38.9 Å². The molecule has 0 aliphatic heterocycles. The minimum absolute atomic E-state index is 0.568. The van der Waals surface area contributed by atoms with Gasteiger partial charge in [-0.3, -0.25) is 0 Å². The van der Waals surface area contributed by atoms with E-state index in [9.17, 15) is 0 Å². The lowest BCUT2D eigenvalue weighted by Crippen LogP contribution is -1.82. The zero-order valence-electron chi connectivity index (χ0n) is 10.4. The van der Waals surface area contributed by atoms with Crippen LogP contribution in [0.25, 0.3) is 33.6 Å². The summed E-state index contributed by atoms with van der Waals surface area (Å²) < 4.78 is 6.84. The molecule has 4 rings (SSSR count). The fraction of sp³-hybridized carbons (Fsp3) is 0.